The number of aliphatic hydroxyl groups is 3. The van der Waals surface area contributed by atoms with Crippen LogP contribution in [0.2, 0.25) is 0 Å². The van der Waals surface area contributed by atoms with Crippen LogP contribution < -0.4 is 11.3 Å². The van der Waals surface area contributed by atoms with Gasteiger partial charge in [0.2, 0.25) is 5.95 Å². The van der Waals surface area contributed by atoms with Crippen molar-refractivity contribution >= 4 is 71.7 Å². The molecule has 0 saturated carbocycles. The lowest BCUT2D eigenvalue weighted by molar-refractivity contribution is -0.0511. The minimum Gasteiger partial charge on any atom is -0.394 e. The van der Waals surface area contributed by atoms with E-state index in [0.29, 0.717) is 0 Å². The van der Waals surface area contributed by atoms with Crippen LogP contribution in [0.25, 0.3) is 11.2 Å². The Kier molecular flexibility index (Phi) is 13.5. The van der Waals surface area contributed by atoms with Gasteiger partial charge in [0, 0.05) is 33.7 Å². The first-order valence-electron chi connectivity index (χ1n) is 8.13. The number of anilines is 1. The van der Waals surface area contributed by atoms with Crippen LogP contribution in [-0.4, -0.2) is 89.1 Å². The molecule has 0 radical (unpaired) electrons. The molecule has 1 saturated heterocycles. The van der Waals surface area contributed by atoms with Crippen molar-refractivity contribution in [3.63, 3.8) is 0 Å². The maximum absolute atomic E-state index is 11.7. The van der Waals surface area contributed by atoms with Crippen LogP contribution in [0, 0.1) is 0 Å². The third kappa shape index (κ3) is 15.2. The van der Waals surface area contributed by atoms with Gasteiger partial charge in [-0.15, -0.1) is 0 Å². The number of aromatic amines is 1. The fraction of sp³-hybridized carbons (Fsp3) is 0.500. The molecule has 1 aliphatic heterocycles. The van der Waals surface area contributed by atoms with E-state index in [4.69, 9.17) is 58.6 Å². The molecule has 3 rings (SSSR count). The molecule has 0 aromatic carbocycles. The Balaban J connectivity index is 0.000000635. The van der Waals surface area contributed by atoms with Crippen molar-refractivity contribution in [3.8, 4) is 0 Å². The molecule has 0 unspecified atom stereocenters. The van der Waals surface area contributed by atoms with E-state index in [2.05, 4.69) is 48.7 Å². The smallest absolute Gasteiger partial charge is 0.394 e. The predicted molar refractivity (Wildman–Crippen MR) is 119 cm³/mol. The van der Waals surface area contributed by atoms with E-state index in [1.165, 1.54) is 10.9 Å². The highest BCUT2D eigenvalue weighted by atomic mass is 35.7. The zero-order chi connectivity index (χ0) is 27.9. The van der Waals surface area contributed by atoms with Crippen molar-refractivity contribution in [2.24, 2.45) is 0 Å². The van der Waals surface area contributed by atoms with Gasteiger partial charge in [-0.2, -0.15) is 4.98 Å². The molecule has 2 aromatic heterocycles. The Bertz CT molecular complexity index is 1090. The summed E-state index contributed by atoms with van der Waals surface area (Å²) in [5.41, 5.74) is 5.12. The molecule has 12 N–H and O–H groups in total. The topological polar surface area (TPSA) is 332 Å². The lowest BCUT2D eigenvalue weighted by atomic mass is 10.1. The molecule has 1 aliphatic rings. The van der Waals surface area contributed by atoms with E-state index in [1.54, 1.807) is 0 Å². The number of halogens is 3. The summed E-state index contributed by atoms with van der Waals surface area (Å²) in [7, 11) is 0. The molecule has 25 heteroatoms. The second-order valence-corrected chi connectivity index (χ2v) is 12.7. The largest absolute Gasteiger partial charge is 0.419 e. The molecule has 0 bridgehead atoms. The SMILES string of the molecule is Nc1nc2c(ncn2[C@@H]2O[C@H](CO)[C@@H](O)[C@H]2O)c(=O)[nH]1.O=P(O)(O)Cl.O=P(O)(O)Cl.O=P(O)(O)Cl. The highest BCUT2D eigenvalue weighted by Crippen LogP contribution is 2.40. The number of nitrogens with zero attached hydrogens (tertiary/aromatic N) is 3. The molecule has 204 valence electrons. The van der Waals surface area contributed by atoms with Crippen molar-refractivity contribution in [1.82, 2.24) is 19.5 Å². The van der Waals surface area contributed by atoms with Gasteiger partial charge >= 0.3 is 20.8 Å². The maximum atomic E-state index is 11.7. The van der Waals surface area contributed by atoms with E-state index in [0.717, 1.165) is 0 Å². The van der Waals surface area contributed by atoms with Gasteiger partial charge in [0.25, 0.3) is 5.56 Å². The highest BCUT2D eigenvalue weighted by molar-refractivity contribution is 7.80. The first-order valence-corrected chi connectivity index (χ1v) is 15.7. The zero-order valence-corrected chi connectivity index (χ0v) is 21.5. The number of nitrogens with two attached hydrogens (primary N) is 1. The number of nitrogens with one attached hydrogen (secondary N) is 1. The van der Waals surface area contributed by atoms with Crippen molar-refractivity contribution in [3.05, 3.63) is 16.7 Å². The number of H-pyrrole nitrogens is 1. The molecular weight excluding hydrogens is 613 g/mol. The summed E-state index contributed by atoms with van der Waals surface area (Å²) < 4.78 is 33.9. The van der Waals surface area contributed by atoms with Crippen molar-refractivity contribution < 1.29 is 63.1 Å². The van der Waals surface area contributed by atoms with E-state index in [1.807, 2.05) is 0 Å². The third-order valence-corrected chi connectivity index (χ3v) is 3.24. The van der Waals surface area contributed by atoms with E-state index < -0.39 is 57.6 Å². The molecule has 3 heterocycles. The number of ether oxygens (including phenoxy) is 1. The molecule has 2 aromatic rings. The number of nitrogen functional groups attached to an aromatic ring is 1. The monoisotopic (exact) mass is 631 g/mol. The van der Waals surface area contributed by atoms with Crippen LogP contribution in [-0.2, 0) is 18.4 Å². The molecule has 0 spiro atoms. The van der Waals surface area contributed by atoms with Crippen molar-refractivity contribution in [2.45, 2.75) is 24.5 Å². The summed E-state index contributed by atoms with van der Waals surface area (Å²) in [6.45, 7) is -12.9. The molecule has 1 fully saturated rings. The second kappa shape index (κ2) is 13.7. The Morgan fingerprint density at radius 3 is 1.80 bits per heavy atom. The van der Waals surface area contributed by atoms with Crippen LogP contribution in [0.5, 0.6) is 0 Å². The quantitative estimate of drug-likeness (QED) is 0.164. The predicted octanol–water partition coefficient (Wildman–Crippen LogP) is -1.73. The fourth-order valence-electron chi connectivity index (χ4n) is 2.24. The van der Waals surface area contributed by atoms with Gasteiger partial charge < -0.3 is 55.2 Å². The molecule has 4 atom stereocenters. The maximum Gasteiger partial charge on any atom is 0.419 e. The average molecular weight is 633 g/mol. The molecular formula is C10H19Cl3N5O14P3. The summed E-state index contributed by atoms with van der Waals surface area (Å²) >= 11 is 12.6. The molecule has 0 aliphatic carbocycles. The Morgan fingerprint density at radius 1 is 1.00 bits per heavy atom. The van der Waals surface area contributed by atoms with Crippen LogP contribution in [0.1, 0.15) is 6.23 Å². The van der Waals surface area contributed by atoms with Gasteiger partial charge in [0.05, 0.1) is 12.9 Å². The number of aromatic nitrogens is 4. The standard InChI is InChI=1S/C10H13N5O5.3ClH2O3P/c11-10-13-7-4(8(19)14-10)12-2-15(7)9-6(18)5(17)3(1-16)20-9;3*1-5(2,3)4/h2-3,5-6,9,16-18H,1H2,(H3,11,13,14,19);3*(H2,2,3,4)/t3-,5-,6-,9-;;;/m1.../s1. The van der Waals surface area contributed by atoms with E-state index in [-0.39, 0.29) is 17.1 Å². The lowest BCUT2D eigenvalue weighted by Gasteiger charge is -2.16. The summed E-state index contributed by atoms with van der Waals surface area (Å²) in [5.74, 6) is -0.101. The molecule has 19 nitrogen and oxygen atoms in total. The molecule has 0 amide bonds. The van der Waals surface area contributed by atoms with E-state index >= 15 is 0 Å². The summed E-state index contributed by atoms with van der Waals surface area (Å²) in [5, 5.41) is 28.7. The number of rotatable bonds is 2. The van der Waals surface area contributed by atoms with Gasteiger partial charge in [-0.1, -0.05) is 0 Å². The van der Waals surface area contributed by atoms with Crippen molar-refractivity contribution in [1.29, 1.82) is 0 Å². The van der Waals surface area contributed by atoms with Gasteiger partial charge in [0.15, 0.2) is 17.4 Å². The van der Waals surface area contributed by atoms with Gasteiger partial charge in [-0.05, 0) is 0 Å². The number of fused-ring (bicyclic) bond motifs is 1. The van der Waals surface area contributed by atoms with E-state index in [9.17, 15) is 15.0 Å². The minimum atomic E-state index is -4.17. The average Bonchev–Trinajstić information content (AvgIpc) is 3.12. The second-order valence-electron chi connectivity index (χ2n) is 5.92. The summed E-state index contributed by atoms with van der Waals surface area (Å²) in [6.07, 6.45) is -3.21. The Labute approximate surface area is 207 Å². The minimum absolute atomic E-state index is 0.0388. The number of imidazole rings is 1. The first-order chi connectivity index (χ1) is 15.5. The number of hydrogen-bond acceptors (Lipinski definition) is 11. The zero-order valence-electron chi connectivity index (χ0n) is 16.6. The van der Waals surface area contributed by atoms with Gasteiger partial charge in [-0.25, -0.2) is 18.7 Å². The Hall–Kier alpha value is -0.690. The summed E-state index contributed by atoms with van der Waals surface area (Å²) in [4.78, 5) is 66.2. The van der Waals surface area contributed by atoms with Crippen LogP contribution >= 0.6 is 54.6 Å². The lowest BCUT2D eigenvalue weighted by Crippen LogP contribution is -2.33. The van der Waals surface area contributed by atoms with Crippen molar-refractivity contribution in [2.75, 3.05) is 12.3 Å². The van der Waals surface area contributed by atoms with Crippen LogP contribution in [0.15, 0.2) is 11.1 Å². The normalized spacial score (nSPS) is 22.3. The molecule has 35 heavy (non-hydrogen) atoms. The van der Waals surface area contributed by atoms with Crippen LogP contribution in [0.4, 0.5) is 5.95 Å². The fourth-order valence-corrected chi connectivity index (χ4v) is 2.24. The number of aliphatic hydroxyl groups excluding tert-OH is 3. The summed E-state index contributed by atoms with van der Waals surface area (Å²) in [6, 6.07) is 0. The third-order valence-electron chi connectivity index (χ3n) is 3.24. The highest BCUT2D eigenvalue weighted by Gasteiger charge is 2.44. The Morgan fingerprint density at radius 2 is 1.43 bits per heavy atom. The first kappa shape index (κ1) is 34.3. The van der Waals surface area contributed by atoms with Gasteiger partial charge in [-0.3, -0.25) is 14.3 Å². The van der Waals surface area contributed by atoms with Gasteiger partial charge in [0.1, 0.15) is 18.3 Å². The number of hydrogen-bond donors (Lipinski definition) is 11. The van der Waals surface area contributed by atoms with Crippen LogP contribution in [0.3, 0.4) is 0 Å².